The molecule has 58 valence electrons. The Kier molecular flexibility index (Phi) is 8.51. The van der Waals surface area contributed by atoms with Gasteiger partial charge in [-0.3, -0.25) is 4.79 Å². The molecule has 0 saturated carbocycles. The van der Waals surface area contributed by atoms with Crippen LogP contribution in [0.5, 0.6) is 0 Å². The summed E-state index contributed by atoms with van der Waals surface area (Å²) in [6, 6.07) is 0. The van der Waals surface area contributed by atoms with Crippen LogP contribution in [0.2, 0.25) is 0 Å². The van der Waals surface area contributed by atoms with Crippen molar-refractivity contribution in [3.05, 3.63) is 0 Å². The molecule has 0 heterocycles. The molecule has 0 radical (unpaired) electrons. The Bertz CT molecular complexity index is 145. The monoisotopic (exact) mass is 166 g/mol. The second-order valence-corrected chi connectivity index (χ2v) is 2.29. The number of aliphatic carboxylic acids is 1. The Hall–Kier alpha value is 0.140. The smallest absolute Gasteiger partial charge is 0.550 e. The number of carbonyl (C=O) groups is 2. The predicted molar refractivity (Wildman–Crippen MR) is 34.1 cm³/mol. The van der Waals surface area contributed by atoms with Crippen molar-refractivity contribution in [1.82, 2.24) is 0 Å². The fourth-order valence-corrected chi connectivity index (χ4v) is 0.777. The zero-order valence-corrected chi connectivity index (χ0v) is 9.22. The molecule has 0 saturated heterocycles. The molecule has 0 aromatic heterocycles. The molecule has 0 fully saturated rings. The van der Waals surface area contributed by atoms with E-state index in [2.05, 4.69) is 0 Å². The number of carbonyl (C=O) groups excluding carboxylic acids is 2. The van der Waals surface area contributed by atoms with Gasteiger partial charge in [-0.15, -0.1) is 0 Å². The quantitative estimate of drug-likeness (QED) is 0.412. The third-order valence-corrected chi connectivity index (χ3v) is 1.48. The van der Waals surface area contributed by atoms with Crippen LogP contribution in [0.4, 0.5) is 0 Å². The minimum absolute atomic E-state index is 0. The van der Waals surface area contributed by atoms with Crippen molar-refractivity contribution in [3.63, 3.8) is 0 Å². The molecular weight excluding hydrogens is 155 g/mol. The van der Waals surface area contributed by atoms with Crippen molar-refractivity contribution in [3.8, 4) is 0 Å². The van der Waals surface area contributed by atoms with Gasteiger partial charge in [0.05, 0.1) is 0 Å². The summed E-state index contributed by atoms with van der Waals surface area (Å²) in [6.07, 6.45) is 0.426. The predicted octanol–water partition coefficient (Wildman–Crippen LogP) is -3.25. The maximum Gasteiger partial charge on any atom is 1.00 e. The Balaban J connectivity index is 0. The van der Waals surface area contributed by atoms with Gasteiger partial charge in [-0.2, -0.15) is 0 Å². The maximum absolute atomic E-state index is 10.6. The van der Waals surface area contributed by atoms with E-state index in [0.29, 0.717) is 6.42 Å². The van der Waals surface area contributed by atoms with E-state index in [4.69, 9.17) is 0 Å². The Labute approximate surface area is 88.5 Å². The number of Topliss-reactive ketones (excluding diaryl/α,β-unsaturated/α-hetero) is 1. The van der Waals surface area contributed by atoms with Gasteiger partial charge in [0.15, 0.2) is 0 Å². The van der Waals surface area contributed by atoms with Crippen LogP contribution < -0.4 is 34.7 Å². The molecule has 0 aromatic carbocycles. The molecule has 0 aromatic rings. The number of carboxylic acids is 1. The van der Waals surface area contributed by atoms with Gasteiger partial charge in [-0.05, 0) is 19.8 Å². The summed E-state index contributed by atoms with van der Waals surface area (Å²) in [5.74, 6) is -1.58. The van der Waals surface area contributed by atoms with E-state index in [0.717, 1.165) is 0 Å². The van der Waals surface area contributed by atoms with Crippen molar-refractivity contribution in [1.29, 1.82) is 0 Å². The second-order valence-electron chi connectivity index (χ2n) is 2.29. The first-order valence-electron chi connectivity index (χ1n) is 3.28. The third-order valence-electron chi connectivity index (χ3n) is 1.48. The van der Waals surface area contributed by atoms with E-state index in [1.54, 1.807) is 6.92 Å². The molecule has 0 rings (SSSR count). The standard InChI is InChI=1S/C7H12O3.Na/c1-3-6(5(2)8)4-7(9)10;/h6H,3-4H2,1-2H3,(H,9,10);/q;+1/p-1. The second kappa shape index (κ2) is 6.83. The zero-order chi connectivity index (χ0) is 8.15. The molecule has 0 spiro atoms. The van der Waals surface area contributed by atoms with E-state index in [9.17, 15) is 14.7 Å². The van der Waals surface area contributed by atoms with Crippen LogP contribution in [0.15, 0.2) is 0 Å². The van der Waals surface area contributed by atoms with Crippen molar-refractivity contribution in [2.75, 3.05) is 0 Å². The fourth-order valence-electron chi connectivity index (χ4n) is 0.777. The van der Waals surface area contributed by atoms with Crippen LogP contribution in [0.3, 0.4) is 0 Å². The summed E-state index contributed by atoms with van der Waals surface area (Å²) >= 11 is 0. The van der Waals surface area contributed by atoms with Crippen molar-refractivity contribution < 1.29 is 44.3 Å². The summed E-state index contributed by atoms with van der Waals surface area (Å²) < 4.78 is 0. The van der Waals surface area contributed by atoms with E-state index >= 15 is 0 Å². The number of carboxylic acid groups (broad SMARTS) is 1. The fraction of sp³-hybridized carbons (Fsp3) is 0.714. The first-order chi connectivity index (χ1) is 4.57. The molecule has 1 unspecified atom stereocenters. The van der Waals surface area contributed by atoms with Crippen molar-refractivity contribution >= 4 is 11.8 Å². The average molecular weight is 166 g/mol. The SMILES string of the molecule is CCC(CC(=O)[O-])C(C)=O.[Na+]. The van der Waals surface area contributed by atoms with Crippen LogP contribution in [0, 0.1) is 5.92 Å². The molecule has 0 aliphatic carbocycles. The van der Waals surface area contributed by atoms with E-state index in [-0.39, 0.29) is 47.7 Å². The number of hydrogen-bond acceptors (Lipinski definition) is 3. The van der Waals surface area contributed by atoms with E-state index in [1.807, 2.05) is 0 Å². The molecule has 0 N–H and O–H groups in total. The zero-order valence-electron chi connectivity index (χ0n) is 7.22. The van der Waals surface area contributed by atoms with Crippen molar-refractivity contribution in [2.45, 2.75) is 26.7 Å². The van der Waals surface area contributed by atoms with Gasteiger partial charge in [0.25, 0.3) is 0 Å². The Morgan fingerprint density at radius 3 is 2.00 bits per heavy atom. The largest absolute Gasteiger partial charge is 1.00 e. The molecule has 0 amide bonds. The first kappa shape index (κ1) is 13.7. The summed E-state index contributed by atoms with van der Waals surface area (Å²) in [6.45, 7) is 3.19. The minimum Gasteiger partial charge on any atom is -0.550 e. The maximum atomic E-state index is 10.6. The Morgan fingerprint density at radius 2 is 1.91 bits per heavy atom. The van der Waals surface area contributed by atoms with E-state index < -0.39 is 5.97 Å². The van der Waals surface area contributed by atoms with Crippen molar-refractivity contribution in [2.24, 2.45) is 5.92 Å². The van der Waals surface area contributed by atoms with Gasteiger partial charge < -0.3 is 9.90 Å². The van der Waals surface area contributed by atoms with Gasteiger partial charge in [-0.25, -0.2) is 0 Å². The number of rotatable bonds is 4. The summed E-state index contributed by atoms with van der Waals surface area (Å²) in [7, 11) is 0. The molecule has 11 heavy (non-hydrogen) atoms. The van der Waals surface area contributed by atoms with Gasteiger partial charge in [0.1, 0.15) is 5.78 Å². The van der Waals surface area contributed by atoms with Gasteiger partial charge in [-0.1, -0.05) is 6.92 Å². The first-order valence-corrected chi connectivity index (χ1v) is 3.28. The molecular formula is C7H11NaO3. The van der Waals surface area contributed by atoms with Gasteiger partial charge in [0, 0.05) is 11.9 Å². The van der Waals surface area contributed by atoms with Gasteiger partial charge in [0.2, 0.25) is 0 Å². The molecule has 0 bridgehead atoms. The topological polar surface area (TPSA) is 57.2 Å². The summed E-state index contributed by atoms with van der Waals surface area (Å²) in [5, 5.41) is 10.0. The normalized spacial score (nSPS) is 11.5. The summed E-state index contributed by atoms with van der Waals surface area (Å²) in [5.41, 5.74) is 0. The van der Waals surface area contributed by atoms with Crippen LogP contribution in [-0.4, -0.2) is 11.8 Å². The van der Waals surface area contributed by atoms with Crippen LogP contribution in [0.1, 0.15) is 26.7 Å². The molecule has 0 aliphatic rings. The number of hydrogen-bond donors (Lipinski definition) is 0. The van der Waals surface area contributed by atoms with Crippen LogP contribution in [-0.2, 0) is 9.59 Å². The van der Waals surface area contributed by atoms with Crippen LogP contribution in [0.25, 0.3) is 0 Å². The van der Waals surface area contributed by atoms with Crippen LogP contribution >= 0.6 is 0 Å². The van der Waals surface area contributed by atoms with Gasteiger partial charge >= 0.3 is 29.6 Å². The molecule has 0 aliphatic heterocycles. The third kappa shape index (κ3) is 6.53. The molecule has 1 atom stereocenters. The van der Waals surface area contributed by atoms with E-state index in [1.165, 1.54) is 6.92 Å². The summed E-state index contributed by atoms with van der Waals surface area (Å²) in [4.78, 5) is 20.6. The minimum atomic E-state index is -1.15. The number of ketones is 1. The molecule has 3 nitrogen and oxygen atoms in total. The molecule has 4 heteroatoms. The average Bonchev–Trinajstić information content (AvgIpc) is 1.81. The Morgan fingerprint density at radius 1 is 1.45 bits per heavy atom.